The van der Waals surface area contributed by atoms with E-state index in [1.165, 1.54) is 22.2 Å². The summed E-state index contributed by atoms with van der Waals surface area (Å²) in [7, 11) is 0. The number of thiophene rings is 1. The van der Waals surface area contributed by atoms with E-state index >= 15 is 0 Å². The van der Waals surface area contributed by atoms with Crippen LogP contribution in [0.1, 0.15) is 40.2 Å². The molecule has 0 saturated carbocycles. The number of fused-ring (bicyclic) bond motifs is 1. The Hall–Kier alpha value is -2.67. The van der Waals surface area contributed by atoms with Crippen LogP contribution in [0, 0.1) is 0 Å². The SMILES string of the molecule is CCOc1ccc(-c2csc3ncn([C@H](C)C(=O)O[C@H](C)CC)c(=O)c23)cc1. The van der Waals surface area contributed by atoms with Gasteiger partial charge in [-0.1, -0.05) is 19.1 Å². The summed E-state index contributed by atoms with van der Waals surface area (Å²) in [6.45, 7) is 7.96. The van der Waals surface area contributed by atoms with Gasteiger partial charge < -0.3 is 9.47 Å². The molecule has 0 aliphatic rings. The summed E-state index contributed by atoms with van der Waals surface area (Å²) in [4.78, 5) is 30.6. The van der Waals surface area contributed by atoms with E-state index in [4.69, 9.17) is 9.47 Å². The molecule has 0 unspecified atom stereocenters. The molecule has 6 nitrogen and oxygen atoms in total. The molecular weight excluding hydrogens is 376 g/mol. The minimum atomic E-state index is -0.744. The number of esters is 1. The molecular formula is C21H24N2O4S. The van der Waals surface area contributed by atoms with Gasteiger partial charge in [0.1, 0.15) is 16.6 Å². The molecule has 2 atom stereocenters. The summed E-state index contributed by atoms with van der Waals surface area (Å²) >= 11 is 1.41. The monoisotopic (exact) mass is 400 g/mol. The van der Waals surface area contributed by atoms with Crippen LogP contribution >= 0.6 is 11.3 Å². The third-order valence-electron chi connectivity index (χ3n) is 4.65. The van der Waals surface area contributed by atoms with Crippen LogP contribution < -0.4 is 10.3 Å². The highest BCUT2D eigenvalue weighted by molar-refractivity contribution is 7.17. The summed E-state index contributed by atoms with van der Waals surface area (Å²) in [5, 5.41) is 2.43. The number of hydrogen-bond donors (Lipinski definition) is 0. The molecule has 28 heavy (non-hydrogen) atoms. The van der Waals surface area contributed by atoms with E-state index in [1.807, 2.05) is 50.4 Å². The second-order valence-electron chi connectivity index (χ2n) is 6.58. The fraction of sp³-hybridized carbons (Fsp3) is 0.381. The van der Waals surface area contributed by atoms with E-state index in [9.17, 15) is 9.59 Å². The van der Waals surface area contributed by atoms with Gasteiger partial charge in [-0.2, -0.15) is 0 Å². The lowest BCUT2D eigenvalue weighted by Gasteiger charge is -2.17. The first-order valence-electron chi connectivity index (χ1n) is 9.38. The van der Waals surface area contributed by atoms with E-state index in [0.29, 0.717) is 16.8 Å². The fourth-order valence-electron chi connectivity index (χ4n) is 2.82. The van der Waals surface area contributed by atoms with Crippen LogP contribution in [-0.4, -0.2) is 28.2 Å². The zero-order valence-electron chi connectivity index (χ0n) is 16.5. The molecule has 0 fully saturated rings. The predicted molar refractivity (Wildman–Crippen MR) is 111 cm³/mol. The van der Waals surface area contributed by atoms with Gasteiger partial charge in [0, 0.05) is 10.9 Å². The van der Waals surface area contributed by atoms with Gasteiger partial charge in [0.25, 0.3) is 5.56 Å². The molecule has 0 spiro atoms. The molecule has 3 aromatic rings. The number of ether oxygens (including phenoxy) is 2. The van der Waals surface area contributed by atoms with Gasteiger partial charge in [-0.25, -0.2) is 9.78 Å². The van der Waals surface area contributed by atoms with Crippen molar-refractivity contribution < 1.29 is 14.3 Å². The molecule has 2 aromatic heterocycles. The van der Waals surface area contributed by atoms with Crippen molar-refractivity contribution in [3.05, 3.63) is 46.3 Å². The molecule has 0 N–H and O–H groups in total. The molecule has 3 rings (SSSR count). The Balaban J connectivity index is 2.00. The van der Waals surface area contributed by atoms with E-state index in [1.54, 1.807) is 6.92 Å². The van der Waals surface area contributed by atoms with Gasteiger partial charge in [0.05, 0.1) is 24.4 Å². The first-order chi connectivity index (χ1) is 13.5. The topological polar surface area (TPSA) is 70.4 Å². The van der Waals surface area contributed by atoms with Crippen molar-refractivity contribution in [3.63, 3.8) is 0 Å². The number of benzene rings is 1. The Morgan fingerprint density at radius 3 is 2.57 bits per heavy atom. The number of rotatable bonds is 7. The number of aromatic nitrogens is 2. The van der Waals surface area contributed by atoms with Crippen LogP contribution in [0.5, 0.6) is 5.75 Å². The molecule has 148 valence electrons. The Morgan fingerprint density at radius 1 is 1.21 bits per heavy atom. The number of hydrogen-bond acceptors (Lipinski definition) is 6. The molecule has 0 aliphatic heterocycles. The van der Waals surface area contributed by atoms with Crippen molar-refractivity contribution in [3.8, 4) is 16.9 Å². The van der Waals surface area contributed by atoms with E-state index in [-0.39, 0.29) is 11.7 Å². The summed E-state index contributed by atoms with van der Waals surface area (Å²) in [6.07, 6.45) is 1.95. The highest BCUT2D eigenvalue weighted by Crippen LogP contribution is 2.32. The van der Waals surface area contributed by atoms with Crippen molar-refractivity contribution in [2.45, 2.75) is 46.3 Å². The zero-order valence-corrected chi connectivity index (χ0v) is 17.3. The second-order valence-corrected chi connectivity index (χ2v) is 7.43. The molecule has 0 radical (unpaired) electrons. The van der Waals surface area contributed by atoms with Gasteiger partial charge in [0.15, 0.2) is 0 Å². The number of carbonyl (C=O) groups is 1. The van der Waals surface area contributed by atoms with E-state index in [0.717, 1.165) is 23.3 Å². The van der Waals surface area contributed by atoms with Crippen LogP contribution in [-0.2, 0) is 9.53 Å². The van der Waals surface area contributed by atoms with Gasteiger partial charge in [-0.15, -0.1) is 11.3 Å². The van der Waals surface area contributed by atoms with Crippen LogP contribution in [0.3, 0.4) is 0 Å². The molecule has 0 bridgehead atoms. The molecule has 7 heteroatoms. The molecule has 1 aromatic carbocycles. The maximum absolute atomic E-state index is 13.2. The van der Waals surface area contributed by atoms with Crippen molar-refractivity contribution in [2.75, 3.05) is 6.61 Å². The first-order valence-corrected chi connectivity index (χ1v) is 10.3. The van der Waals surface area contributed by atoms with Gasteiger partial charge in [-0.05, 0) is 44.9 Å². The van der Waals surface area contributed by atoms with Crippen LogP contribution in [0.15, 0.2) is 40.8 Å². The lowest BCUT2D eigenvalue weighted by Crippen LogP contribution is -2.31. The maximum Gasteiger partial charge on any atom is 0.329 e. The van der Waals surface area contributed by atoms with Crippen LogP contribution in [0.4, 0.5) is 0 Å². The highest BCUT2D eigenvalue weighted by atomic mass is 32.1. The van der Waals surface area contributed by atoms with Crippen molar-refractivity contribution in [2.24, 2.45) is 0 Å². The predicted octanol–water partition coefficient (Wildman–Crippen LogP) is 4.43. The van der Waals surface area contributed by atoms with Crippen molar-refractivity contribution in [1.82, 2.24) is 9.55 Å². The number of carbonyl (C=O) groups excluding carboxylic acids is 1. The molecule has 0 aliphatic carbocycles. The zero-order chi connectivity index (χ0) is 20.3. The lowest BCUT2D eigenvalue weighted by molar-refractivity contribution is -0.152. The largest absolute Gasteiger partial charge is 0.494 e. The van der Waals surface area contributed by atoms with E-state index < -0.39 is 12.0 Å². The van der Waals surface area contributed by atoms with Crippen LogP contribution in [0.2, 0.25) is 0 Å². The quantitative estimate of drug-likeness (QED) is 0.549. The fourth-order valence-corrected chi connectivity index (χ4v) is 3.73. The van der Waals surface area contributed by atoms with Gasteiger partial charge >= 0.3 is 5.97 Å². The van der Waals surface area contributed by atoms with Gasteiger partial charge in [0.2, 0.25) is 0 Å². The number of nitrogens with zero attached hydrogens (tertiary/aromatic N) is 2. The summed E-state index contributed by atoms with van der Waals surface area (Å²) in [5.74, 6) is 0.346. The van der Waals surface area contributed by atoms with Crippen molar-refractivity contribution in [1.29, 1.82) is 0 Å². The Bertz CT molecular complexity index is 1020. The Kier molecular flexibility index (Phi) is 6.14. The minimum absolute atomic E-state index is 0.192. The van der Waals surface area contributed by atoms with E-state index in [2.05, 4.69) is 4.98 Å². The summed E-state index contributed by atoms with van der Waals surface area (Å²) < 4.78 is 12.2. The first kappa shape index (κ1) is 20.1. The molecule has 2 heterocycles. The average Bonchev–Trinajstić information content (AvgIpc) is 3.13. The third-order valence-corrected chi connectivity index (χ3v) is 5.53. The van der Waals surface area contributed by atoms with Gasteiger partial charge in [-0.3, -0.25) is 9.36 Å². The Labute approximate surface area is 167 Å². The Morgan fingerprint density at radius 2 is 1.93 bits per heavy atom. The normalized spacial score (nSPS) is 13.3. The highest BCUT2D eigenvalue weighted by Gasteiger charge is 2.22. The summed E-state index contributed by atoms with van der Waals surface area (Å²) in [6, 6.07) is 6.85. The molecule has 0 amide bonds. The smallest absolute Gasteiger partial charge is 0.329 e. The summed E-state index contributed by atoms with van der Waals surface area (Å²) in [5.41, 5.74) is 1.46. The average molecular weight is 401 g/mol. The lowest BCUT2D eigenvalue weighted by atomic mass is 10.1. The standard InChI is InChI=1S/C21H24N2O4S/c1-5-13(3)27-21(25)14(4)23-12-22-19-18(20(23)24)17(11-28-19)15-7-9-16(10-8-15)26-6-2/h7-14H,5-6H2,1-4H3/t13-,14-/m1/s1. The molecule has 0 saturated heterocycles. The van der Waals surface area contributed by atoms with Crippen LogP contribution in [0.25, 0.3) is 21.3 Å². The third kappa shape index (κ3) is 3.94. The van der Waals surface area contributed by atoms with Crippen molar-refractivity contribution >= 4 is 27.5 Å². The minimum Gasteiger partial charge on any atom is -0.494 e. The maximum atomic E-state index is 13.2. The second kappa shape index (κ2) is 8.56.